The lowest BCUT2D eigenvalue weighted by Crippen LogP contribution is -2.45. The zero-order chi connectivity index (χ0) is 18.0. The number of fused-ring (bicyclic) bond motifs is 1. The van der Waals surface area contributed by atoms with E-state index >= 15 is 0 Å². The van der Waals surface area contributed by atoms with Crippen LogP contribution >= 0.6 is 23.2 Å². The van der Waals surface area contributed by atoms with E-state index in [1.165, 1.54) is 6.21 Å². The fourth-order valence-electron chi connectivity index (χ4n) is 2.73. The van der Waals surface area contributed by atoms with Gasteiger partial charge >= 0.3 is 0 Å². The number of carbonyl (C=O) groups excluding carboxylic acids is 2. The molecule has 2 amide bonds. The zero-order valence-corrected chi connectivity index (χ0v) is 14.5. The van der Waals surface area contributed by atoms with Crippen LogP contribution in [0.25, 0.3) is 0 Å². The first-order chi connectivity index (χ1) is 12.1. The first-order valence-electron chi connectivity index (χ1n) is 7.58. The number of aliphatic imine (C=N–C) groups is 1. The molecule has 1 aliphatic rings. The molecule has 0 saturated carbocycles. The van der Waals surface area contributed by atoms with Gasteiger partial charge in [-0.25, -0.2) is 4.90 Å². The number of aliphatic hydroxyl groups is 1. The van der Waals surface area contributed by atoms with Crippen LogP contribution in [0, 0.1) is 0 Å². The molecule has 7 heteroatoms. The van der Waals surface area contributed by atoms with E-state index in [2.05, 4.69) is 4.99 Å². The summed E-state index contributed by atoms with van der Waals surface area (Å²) in [4.78, 5) is 31.0. The van der Waals surface area contributed by atoms with Crippen molar-refractivity contribution in [3.8, 4) is 0 Å². The minimum absolute atomic E-state index is 0.123. The van der Waals surface area contributed by atoms with Crippen molar-refractivity contribution in [1.82, 2.24) is 0 Å². The van der Waals surface area contributed by atoms with E-state index in [0.29, 0.717) is 11.1 Å². The molecule has 1 N–H and O–H groups in total. The average molecular weight is 377 g/mol. The van der Waals surface area contributed by atoms with E-state index < -0.39 is 17.7 Å². The van der Waals surface area contributed by atoms with Gasteiger partial charge < -0.3 is 5.11 Å². The average Bonchev–Trinajstić information content (AvgIpc) is 2.61. The van der Waals surface area contributed by atoms with Crippen molar-refractivity contribution in [2.75, 3.05) is 18.1 Å². The summed E-state index contributed by atoms with van der Waals surface area (Å²) >= 11 is 12.2. The summed E-state index contributed by atoms with van der Waals surface area (Å²) in [5.74, 6) is -1.67. The van der Waals surface area contributed by atoms with Crippen molar-refractivity contribution in [2.24, 2.45) is 4.99 Å². The van der Waals surface area contributed by atoms with Crippen LogP contribution in [0.5, 0.6) is 0 Å². The van der Waals surface area contributed by atoms with Gasteiger partial charge in [-0.2, -0.15) is 0 Å². The molecule has 1 heterocycles. The molecule has 2 aromatic carbocycles. The Morgan fingerprint density at radius 2 is 1.88 bits per heavy atom. The first-order valence-corrected chi connectivity index (χ1v) is 8.34. The third kappa shape index (κ3) is 3.18. The van der Waals surface area contributed by atoms with Gasteiger partial charge in [-0.15, -0.1) is 0 Å². The number of hydrogen-bond acceptors (Lipinski definition) is 4. The molecule has 0 spiro atoms. The molecule has 3 rings (SSSR count). The Kier molecular flexibility index (Phi) is 5.18. The normalized spacial score (nSPS) is 17.2. The quantitative estimate of drug-likeness (QED) is 0.657. The van der Waals surface area contributed by atoms with Crippen LogP contribution in [0.15, 0.2) is 47.5 Å². The SMILES string of the molecule is O=C1c2ccccc2[C@@H](C=NCCO)C(=O)N1c1cccc(Cl)c1Cl. The molecule has 0 aromatic heterocycles. The Balaban J connectivity index is 2.14. The van der Waals surface area contributed by atoms with Gasteiger partial charge in [0.15, 0.2) is 0 Å². The molecular formula is C18H14Cl2N2O3. The zero-order valence-electron chi connectivity index (χ0n) is 13.0. The Bertz CT molecular complexity index is 867. The molecule has 0 radical (unpaired) electrons. The van der Waals surface area contributed by atoms with E-state index in [9.17, 15) is 9.59 Å². The molecule has 0 unspecified atom stereocenters. The second-order valence-corrected chi connectivity index (χ2v) is 6.18. The topological polar surface area (TPSA) is 70.0 Å². The number of aliphatic hydroxyl groups excluding tert-OH is 1. The third-order valence-corrected chi connectivity index (χ3v) is 4.68. The van der Waals surface area contributed by atoms with Gasteiger partial charge in [0, 0.05) is 11.8 Å². The summed E-state index contributed by atoms with van der Waals surface area (Å²) < 4.78 is 0. The van der Waals surface area contributed by atoms with Crippen molar-refractivity contribution < 1.29 is 14.7 Å². The maximum Gasteiger partial charge on any atom is 0.265 e. The number of nitrogens with zero attached hydrogens (tertiary/aromatic N) is 2. The Labute approximate surface area is 154 Å². The van der Waals surface area contributed by atoms with Crippen molar-refractivity contribution in [2.45, 2.75) is 5.92 Å². The van der Waals surface area contributed by atoms with Crippen LogP contribution in [-0.4, -0.2) is 36.3 Å². The van der Waals surface area contributed by atoms with Gasteiger partial charge in [0.2, 0.25) is 5.91 Å². The van der Waals surface area contributed by atoms with E-state index in [1.807, 2.05) is 0 Å². The van der Waals surface area contributed by atoms with Crippen LogP contribution in [-0.2, 0) is 4.79 Å². The van der Waals surface area contributed by atoms with Gasteiger partial charge in [-0.05, 0) is 23.8 Å². The number of hydrogen-bond donors (Lipinski definition) is 1. The molecule has 1 aliphatic heterocycles. The maximum atomic E-state index is 13.0. The molecule has 1 atom stereocenters. The largest absolute Gasteiger partial charge is 0.394 e. The van der Waals surface area contributed by atoms with Crippen molar-refractivity contribution in [1.29, 1.82) is 0 Å². The molecule has 25 heavy (non-hydrogen) atoms. The molecule has 0 saturated heterocycles. The number of halogens is 2. The molecule has 0 aliphatic carbocycles. The number of carbonyl (C=O) groups is 2. The highest BCUT2D eigenvalue weighted by molar-refractivity contribution is 6.45. The summed E-state index contributed by atoms with van der Waals surface area (Å²) in [5.41, 5.74) is 1.21. The van der Waals surface area contributed by atoms with Gasteiger partial charge in [0.05, 0.1) is 34.8 Å². The molecule has 5 nitrogen and oxygen atoms in total. The number of anilines is 1. The van der Waals surface area contributed by atoms with Crippen LogP contribution in [0.4, 0.5) is 5.69 Å². The van der Waals surface area contributed by atoms with Gasteiger partial charge in [0.25, 0.3) is 5.91 Å². The second kappa shape index (κ2) is 7.35. The summed E-state index contributed by atoms with van der Waals surface area (Å²) in [6.07, 6.45) is 1.45. The molecule has 0 bridgehead atoms. The highest BCUT2D eigenvalue weighted by Crippen LogP contribution is 2.38. The Morgan fingerprint density at radius 1 is 1.12 bits per heavy atom. The standard InChI is InChI=1S/C18H14Cl2N2O3/c19-14-6-3-7-15(16(14)20)22-17(24)12-5-2-1-4-11(12)13(18(22)25)10-21-8-9-23/h1-7,10,13,23H,8-9H2/t13-/m1/s1. The van der Waals surface area contributed by atoms with Gasteiger partial charge in [0.1, 0.15) is 0 Å². The van der Waals surface area contributed by atoms with Crippen LogP contribution in [0.3, 0.4) is 0 Å². The number of imide groups is 1. The van der Waals surface area contributed by atoms with E-state index in [4.69, 9.17) is 28.3 Å². The molecular weight excluding hydrogens is 363 g/mol. The predicted molar refractivity (Wildman–Crippen MR) is 97.9 cm³/mol. The lowest BCUT2D eigenvalue weighted by molar-refractivity contribution is -0.118. The highest BCUT2D eigenvalue weighted by Gasteiger charge is 2.39. The number of rotatable bonds is 4. The lowest BCUT2D eigenvalue weighted by Gasteiger charge is -2.31. The van der Waals surface area contributed by atoms with Crippen LogP contribution in [0.1, 0.15) is 21.8 Å². The summed E-state index contributed by atoms with van der Waals surface area (Å²) in [7, 11) is 0. The molecule has 0 fully saturated rings. The first kappa shape index (κ1) is 17.6. The van der Waals surface area contributed by atoms with Gasteiger partial charge in [-0.1, -0.05) is 47.5 Å². The van der Waals surface area contributed by atoms with E-state index in [1.54, 1.807) is 42.5 Å². The van der Waals surface area contributed by atoms with Crippen molar-refractivity contribution in [3.63, 3.8) is 0 Å². The lowest BCUT2D eigenvalue weighted by atomic mass is 9.89. The summed E-state index contributed by atoms with van der Waals surface area (Å²) in [5, 5.41) is 9.29. The van der Waals surface area contributed by atoms with E-state index in [0.717, 1.165) is 4.90 Å². The third-order valence-electron chi connectivity index (χ3n) is 3.87. The van der Waals surface area contributed by atoms with Crippen LogP contribution in [0.2, 0.25) is 10.0 Å². The minimum Gasteiger partial charge on any atom is -0.394 e. The monoisotopic (exact) mass is 376 g/mol. The second-order valence-electron chi connectivity index (χ2n) is 5.40. The fraction of sp³-hybridized carbons (Fsp3) is 0.167. The fourth-order valence-corrected chi connectivity index (χ4v) is 3.11. The summed E-state index contributed by atoms with van der Waals surface area (Å²) in [6, 6.07) is 11.6. The molecule has 2 aromatic rings. The number of benzene rings is 2. The minimum atomic E-state index is -0.740. The van der Waals surface area contributed by atoms with Crippen molar-refractivity contribution in [3.05, 3.63) is 63.6 Å². The van der Waals surface area contributed by atoms with E-state index in [-0.39, 0.29) is 28.9 Å². The number of amides is 2. The summed E-state index contributed by atoms with van der Waals surface area (Å²) in [6.45, 7) is 0.0552. The Morgan fingerprint density at radius 3 is 2.64 bits per heavy atom. The smallest absolute Gasteiger partial charge is 0.265 e. The van der Waals surface area contributed by atoms with Crippen LogP contribution < -0.4 is 4.90 Å². The predicted octanol–water partition coefficient (Wildman–Crippen LogP) is 3.33. The maximum absolute atomic E-state index is 13.0. The Hall–Kier alpha value is -2.21. The van der Waals surface area contributed by atoms with Crippen molar-refractivity contribution >= 4 is 46.9 Å². The highest BCUT2D eigenvalue weighted by atomic mass is 35.5. The molecule has 128 valence electrons. The van der Waals surface area contributed by atoms with Gasteiger partial charge in [-0.3, -0.25) is 14.6 Å².